The van der Waals surface area contributed by atoms with Crippen LogP contribution >= 0.6 is 0 Å². The van der Waals surface area contributed by atoms with E-state index in [-0.39, 0.29) is 17.9 Å². The van der Waals surface area contributed by atoms with Gasteiger partial charge in [0.25, 0.3) is 0 Å². The van der Waals surface area contributed by atoms with Gasteiger partial charge in [0.05, 0.1) is 6.04 Å². The van der Waals surface area contributed by atoms with Crippen LogP contribution in [0.3, 0.4) is 0 Å². The van der Waals surface area contributed by atoms with Gasteiger partial charge in [0, 0.05) is 0 Å². The third kappa shape index (κ3) is 4.29. The zero-order valence-corrected chi connectivity index (χ0v) is 11.2. The maximum absolute atomic E-state index is 12.0. The third-order valence-electron chi connectivity index (χ3n) is 3.65. The molecule has 104 valence electrons. The molecule has 0 aromatic rings. The fraction of sp³-hybridized carbons (Fsp3) is 0.846. The summed E-state index contributed by atoms with van der Waals surface area (Å²) in [7, 11) is 0. The Kier molecular flexibility index (Phi) is 6.12. The van der Waals surface area contributed by atoms with Gasteiger partial charge < -0.3 is 15.7 Å². The van der Waals surface area contributed by atoms with E-state index in [1.54, 1.807) is 0 Å². The SMILES string of the molecule is CCC(C)[C@H](NC(=O)C1CCCCCN1)C(=O)O. The molecule has 2 unspecified atom stereocenters. The largest absolute Gasteiger partial charge is 0.480 e. The van der Waals surface area contributed by atoms with Gasteiger partial charge in [0.1, 0.15) is 6.04 Å². The quantitative estimate of drug-likeness (QED) is 0.689. The first-order valence-corrected chi connectivity index (χ1v) is 6.82. The number of amides is 1. The van der Waals surface area contributed by atoms with E-state index in [9.17, 15) is 9.59 Å². The van der Waals surface area contributed by atoms with Gasteiger partial charge in [-0.05, 0) is 25.3 Å². The van der Waals surface area contributed by atoms with Crippen molar-refractivity contribution in [2.45, 2.75) is 58.0 Å². The van der Waals surface area contributed by atoms with Crippen LogP contribution in [-0.4, -0.2) is 35.6 Å². The summed E-state index contributed by atoms with van der Waals surface area (Å²) in [4.78, 5) is 23.2. The molecule has 3 N–H and O–H groups in total. The molecular weight excluding hydrogens is 232 g/mol. The lowest BCUT2D eigenvalue weighted by molar-refractivity contribution is -0.143. The van der Waals surface area contributed by atoms with Crippen LogP contribution in [0, 0.1) is 5.92 Å². The maximum atomic E-state index is 12.0. The highest BCUT2D eigenvalue weighted by Gasteiger charge is 2.28. The Hall–Kier alpha value is -1.10. The molecule has 3 atom stereocenters. The van der Waals surface area contributed by atoms with Gasteiger partial charge >= 0.3 is 5.97 Å². The van der Waals surface area contributed by atoms with E-state index in [1.165, 1.54) is 0 Å². The number of nitrogens with one attached hydrogen (secondary N) is 2. The van der Waals surface area contributed by atoms with Crippen molar-refractivity contribution in [1.29, 1.82) is 0 Å². The molecule has 0 radical (unpaired) electrons. The summed E-state index contributed by atoms with van der Waals surface area (Å²) in [5.41, 5.74) is 0. The molecule has 1 rings (SSSR count). The minimum absolute atomic E-state index is 0.0581. The lowest BCUT2D eigenvalue weighted by atomic mass is 9.98. The average molecular weight is 256 g/mol. The van der Waals surface area contributed by atoms with E-state index >= 15 is 0 Å². The van der Waals surface area contributed by atoms with Crippen LogP contribution in [0.2, 0.25) is 0 Å². The Morgan fingerprint density at radius 2 is 2.11 bits per heavy atom. The zero-order chi connectivity index (χ0) is 13.5. The molecule has 1 aliphatic heterocycles. The number of carboxylic acid groups (broad SMARTS) is 1. The second-order valence-electron chi connectivity index (χ2n) is 5.07. The molecule has 0 aromatic carbocycles. The van der Waals surface area contributed by atoms with E-state index in [0.717, 1.165) is 38.6 Å². The van der Waals surface area contributed by atoms with Gasteiger partial charge in [-0.2, -0.15) is 0 Å². The molecule has 18 heavy (non-hydrogen) atoms. The smallest absolute Gasteiger partial charge is 0.326 e. The Bertz CT molecular complexity index is 286. The van der Waals surface area contributed by atoms with Crippen molar-refractivity contribution >= 4 is 11.9 Å². The first kappa shape index (κ1) is 15.0. The Balaban J connectivity index is 2.56. The molecule has 0 aliphatic carbocycles. The van der Waals surface area contributed by atoms with Gasteiger partial charge in [0.2, 0.25) is 5.91 Å². The van der Waals surface area contributed by atoms with Crippen molar-refractivity contribution in [3.63, 3.8) is 0 Å². The topological polar surface area (TPSA) is 78.4 Å². The van der Waals surface area contributed by atoms with Crippen molar-refractivity contribution in [2.75, 3.05) is 6.54 Å². The molecule has 0 aromatic heterocycles. The fourth-order valence-corrected chi connectivity index (χ4v) is 2.19. The van der Waals surface area contributed by atoms with Crippen molar-refractivity contribution < 1.29 is 14.7 Å². The summed E-state index contributed by atoms with van der Waals surface area (Å²) < 4.78 is 0. The highest BCUT2D eigenvalue weighted by atomic mass is 16.4. The number of hydrogen-bond acceptors (Lipinski definition) is 3. The molecule has 5 nitrogen and oxygen atoms in total. The third-order valence-corrected chi connectivity index (χ3v) is 3.65. The van der Waals surface area contributed by atoms with Gasteiger partial charge in [-0.1, -0.05) is 33.1 Å². The minimum atomic E-state index is -0.952. The second kappa shape index (κ2) is 7.36. The summed E-state index contributed by atoms with van der Waals surface area (Å²) in [6.07, 6.45) is 4.75. The summed E-state index contributed by atoms with van der Waals surface area (Å²) in [6, 6.07) is -1.02. The van der Waals surface area contributed by atoms with Crippen LogP contribution in [0.4, 0.5) is 0 Å². The molecule has 1 fully saturated rings. The highest BCUT2D eigenvalue weighted by molar-refractivity contribution is 5.87. The maximum Gasteiger partial charge on any atom is 0.326 e. The highest BCUT2D eigenvalue weighted by Crippen LogP contribution is 2.11. The van der Waals surface area contributed by atoms with E-state index in [2.05, 4.69) is 10.6 Å². The van der Waals surface area contributed by atoms with Gasteiger partial charge in [-0.15, -0.1) is 0 Å². The molecule has 0 bridgehead atoms. The number of carbonyl (C=O) groups is 2. The number of carbonyl (C=O) groups excluding carboxylic acids is 1. The molecule has 1 saturated heterocycles. The van der Waals surface area contributed by atoms with Crippen LogP contribution < -0.4 is 10.6 Å². The predicted molar refractivity (Wildman–Crippen MR) is 69.3 cm³/mol. The summed E-state index contributed by atoms with van der Waals surface area (Å²) >= 11 is 0. The van der Waals surface area contributed by atoms with E-state index in [0.29, 0.717) is 0 Å². The Morgan fingerprint density at radius 1 is 1.39 bits per heavy atom. The first-order valence-electron chi connectivity index (χ1n) is 6.82. The van der Waals surface area contributed by atoms with Crippen LogP contribution in [0.5, 0.6) is 0 Å². The van der Waals surface area contributed by atoms with Crippen molar-refractivity contribution in [3.8, 4) is 0 Å². The number of carboxylic acids is 1. The number of rotatable bonds is 5. The van der Waals surface area contributed by atoms with E-state index in [1.807, 2.05) is 13.8 Å². The van der Waals surface area contributed by atoms with Gasteiger partial charge in [-0.25, -0.2) is 4.79 Å². The van der Waals surface area contributed by atoms with Crippen molar-refractivity contribution in [2.24, 2.45) is 5.92 Å². The average Bonchev–Trinajstić information content (AvgIpc) is 2.63. The number of hydrogen-bond donors (Lipinski definition) is 3. The zero-order valence-electron chi connectivity index (χ0n) is 11.2. The molecule has 1 amide bonds. The van der Waals surface area contributed by atoms with Gasteiger partial charge in [0.15, 0.2) is 0 Å². The molecule has 5 heteroatoms. The van der Waals surface area contributed by atoms with Crippen LogP contribution in [0.25, 0.3) is 0 Å². The van der Waals surface area contributed by atoms with Crippen molar-refractivity contribution in [3.05, 3.63) is 0 Å². The summed E-state index contributed by atoms with van der Waals surface area (Å²) in [5, 5.41) is 15.0. The monoisotopic (exact) mass is 256 g/mol. The normalized spacial score (nSPS) is 23.8. The van der Waals surface area contributed by atoms with E-state index < -0.39 is 12.0 Å². The molecule has 0 saturated carbocycles. The minimum Gasteiger partial charge on any atom is -0.480 e. The summed E-state index contributed by atoms with van der Waals surface area (Å²) in [5.74, 6) is -1.19. The Labute approximate surface area is 108 Å². The number of aliphatic carboxylic acids is 1. The summed E-state index contributed by atoms with van der Waals surface area (Å²) in [6.45, 7) is 4.61. The lowest BCUT2D eigenvalue weighted by Crippen LogP contribution is -2.52. The van der Waals surface area contributed by atoms with Gasteiger partial charge in [-0.3, -0.25) is 4.79 Å². The fourth-order valence-electron chi connectivity index (χ4n) is 2.19. The van der Waals surface area contributed by atoms with Crippen LogP contribution in [-0.2, 0) is 9.59 Å². The second-order valence-corrected chi connectivity index (χ2v) is 5.07. The standard InChI is InChI=1S/C13H24N2O3/c1-3-9(2)11(13(17)18)15-12(16)10-7-5-4-6-8-14-10/h9-11,14H,3-8H2,1-2H3,(H,15,16)(H,17,18)/t9?,10?,11-/m0/s1. The molecule has 1 heterocycles. The lowest BCUT2D eigenvalue weighted by Gasteiger charge is -2.23. The van der Waals surface area contributed by atoms with Crippen molar-refractivity contribution in [1.82, 2.24) is 10.6 Å². The van der Waals surface area contributed by atoms with E-state index in [4.69, 9.17) is 5.11 Å². The Morgan fingerprint density at radius 3 is 2.72 bits per heavy atom. The molecular formula is C13H24N2O3. The molecule has 1 aliphatic rings. The van der Waals surface area contributed by atoms with Crippen LogP contribution in [0.1, 0.15) is 46.0 Å². The van der Waals surface area contributed by atoms with Crippen LogP contribution in [0.15, 0.2) is 0 Å². The molecule has 0 spiro atoms. The predicted octanol–water partition coefficient (Wildman–Crippen LogP) is 1.13. The first-order chi connectivity index (χ1) is 8.56.